The van der Waals surface area contributed by atoms with Gasteiger partial charge in [-0.25, -0.2) is 0 Å². The number of piperidine rings is 1. The minimum atomic E-state index is -0.321. The van der Waals surface area contributed by atoms with Crippen molar-refractivity contribution in [3.63, 3.8) is 0 Å². The van der Waals surface area contributed by atoms with Gasteiger partial charge in [-0.05, 0) is 17.9 Å². The summed E-state index contributed by atoms with van der Waals surface area (Å²) in [5.41, 5.74) is 8.06. The molecule has 14 heavy (non-hydrogen) atoms. The summed E-state index contributed by atoms with van der Waals surface area (Å²) in [6.07, 6.45) is 0.280. The second kappa shape index (κ2) is 4.83. The van der Waals surface area contributed by atoms with Crippen LogP contribution in [0.25, 0.3) is 10.4 Å². The van der Waals surface area contributed by atoms with Crippen LogP contribution in [0.5, 0.6) is 0 Å². The van der Waals surface area contributed by atoms with Crippen molar-refractivity contribution in [3.8, 4) is 0 Å². The number of likely N-dealkylation sites (tertiary alicyclic amines) is 1. The molecule has 0 aromatic rings. The van der Waals surface area contributed by atoms with Gasteiger partial charge in [-0.2, -0.15) is 0 Å². The molecule has 78 valence electrons. The van der Waals surface area contributed by atoms with E-state index in [1.54, 1.807) is 4.90 Å². The van der Waals surface area contributed by atoms with Crippen molar-refractivity contribution in [1.29, 1.82) is 0 Å². The number of hydrogen-bond donors (Lipinski definition) is 1. The van der Waals surface area contributed by atoms with Gasteiger partial charge in [0.15, 0.2) is 0 Å². The van der Waals surface area contributed by atoms with E-state index in [0.29, 0.717) is 19.5 Å². The van der Waals surface area contributed by atoms with Gasteiger partial charge in [0.05, 0.1) is 6.10 Å². The predicted molar refractivity (Wildman–Crippen MR) is 50.4 cm³/mol. The molecule has 0 spiro atoms. The van der Waals surface area contributed by atoms with Crippen LogP contribution in [0.3, 0.4) is 0 Å². The Morgan fingerprint density at radius 3 is 3.07 bits per heavy atom. The van der Waals surface area contributed by atoms with Crippen molar-refractivity contribution in [2.24, 2.45) is 11.0 Å². The van der Waals surface area contributed by atoms with Gasteiger partial charge in [-0.3, -0.25) is 4.79 Å². The van der Waals surface area contributed by atoms with Gasteiger partial charge in [0.2, 0.25) is 5.91 Å². The summed E-state index contributed by atoms with van der Waals surface area (Å²) in [5, 5.41) is 12.7. The van der Waals surface area contributed by atoms with Crippen molar-refractivity contribution in [1.82, 2.24) is 4.90 Å². The first-order valence-electron chi connectivity index (χ1n) is 4.62. The lowest BCUT2D eigenvalue weighted by Gasteiger charge is -2.34. The quantitative estimate of drug-likeness (QED) is 0.398. The number of nitrogens with zero attached hydrogens (tertiary/aromatic N) is 4. The molecule has 1 saturated heterocycles. The Morgan fingerprint density at radius 1 is 1.79 bits per heavy atom. The normalized spacial score (nSPS) is 26.9. The van der Waals surface area contributed by atoms with E-state index < -0.39 is 0 Å². The maximum absolute atomic E-state index is 11.4. The highest BCUT2D eigenvalue weighted by Crippen LogP contribution is 2.16. The first-order valence-corrected chi connectivity index (χ1v) is 4.62. The van der Waals surface area contributed by atoms with E-state index >= 15 is 0 Å². The summed E-state index contributed by atoms with van der Waals surface area (Å²) in [6.45, 7) is 2.86. The molecule has 0 radical (unpaired) electrons. The van der Waals surface area contributed by atoms with Crippen LogP contribution in [0, 0.1) is 5.92 Å². The number of hydrogen-bond acceptors (Lipinski definition) is 3. The molecule has 1 aliphatic heterocycles. The third-order valence-electron chi connectivity index (χ3n) is 2.48. The number of rotatable bonds is 2. The van der Waals surface area contributed by atoms with Crippen molar-refractivity contribution in [2.75, 3.05) is 19.6 Å². The molecule has 0 aliphatic carbocycles. The topological polar surface area (TPSA) is 89.3 Å². The van der Waals surface area contributed by atoms with E-state index in [1.807, 2.05) is 6.92 Å². The average molecular weight is 198 g/mol. The molecule has 0 saturated carbocycles. The molecular weight excluding hydrogens is 184 g/mol. The minimum absolute atomic E-state index is 0.0961. The number of carbonyl (C=O) groups is 1. The lowest BCUT2D eigenvalue weighted by molar-refractivity contribution is -0.133. The second-order valence-electron chi connectivity index (χ2n) is 3.56. The van der Waals surface area contributed by atoms with Crippen molar-refractivity contribution in [3.05, 3.63) is 10.4 Å². The molecule has 1 amide bonds. The highest BCUT2D eigenvalue weighted by Gasteiger charge is 2.26. The van der Waals surface area contributed by atoms with Crippen LogP contribution in [0.2, 0.25) is 0 Å². The molecule has 1 rings (SSSR count). The Hall–Kier alpha value is -1.26. The fraction of sp³-hybridized carbons (Fsp3) is 0.875. The second-order valence-corrected chi connectivity index (χ2v) is 3.56. The Kier molecular flexibility index (Phi) is 3.73. The van der Waals surface area contributed by atoms with E-state index in [9.17, 15) is 9.90 Å². The smallest absolute Gasteiger partial charge is 0.228 e. The van der Waals surface area contributed by atoms with Gasteiger partial charge >= 0.3 is 0 Å². The van der Waals surface area contributed by atoms with Gasteiger partial charge < -0.3 is 10.0 Å². The molecule has 0 bridgehead atoms. The van der Waals surface area contributed by atoms with Crippen LogP contribution in [-0.2, 0) is 4.79 Å². The van der Waals surface area contributed by atoms with E-state index in [2.05, 4.69) is 10.0 Å². The van der Waals surface area contributed by atoms with Gasteiger partial charge in [0, 0.05) is 18.0 Å². The summed E-state index contributed by atoms with van der Waals surface area (Å²) in [4.78, 5) is 15.6. The largest absolute Gasteiger partial charge is 0.393 e. The Bertz CT molecular complexity index is 262. The molecule has 0 aromatic carbocycles. The molecular formula is C8H14N4O2. The molecule has 1 N–H and O–H groups in total. The predicted octanol–water partition coefficient (Wildman–Crippen LogP) is 0.526. The molecule has 1 heterocycles. The fourth-order valence-electron chi connectivity index (χ4n) is 1.55. The molecule has 6 heteroatoms. The zero-order chi connectivity index (χ0) is 10.6. The highest BCUT2D eigenvalue weighted by molar-refractivity contribution is 5.78. The lowest BCUT2D eigenvalue weighted by Crippen LogP contribution is -2.45. The SMILES string of the molecule is CC1CN(C(=O)CN=[N+]=[N-])CCC1O. The number of aliphatic hydroxyl groups excluding tert-OH is 1. The fourth-order valence-corrected chi connectivity index (χ4v) is 1.55. The summed E-state index contributed by atoms with van der Waals surface area (Å²) in [5.74, 6) is -0.0692. The summed E-state index contributed by atoms with van der Waals surface area (Å²) < 4.78 is 0. The van der Waals surface area contributed by atoms with E-state index in [-0.39, 0.29) is 24.5 Å². The molecule has 6 nitrogen and oxygen atoms in total. The van der Waals surface area contributed by atoms with Gasteiger partial charge in [0.1, 0.15) is 6.54 Å². The summed E-state index contributed by atoms with van der Waals surface area (Å²) in [6, 6.07) is 0. The molecule has 2 atom stereocenters. The third kappa shape index (κ3) is 2.61. The first kappa shape index (κ1) is 10.8. The average Bonchev–Trinajstić information content (AvgIpc) is 2.18. The highest BCUT2D eigenvalue weighted by atomic mass is 16.3. The van der Waals surface area contributed by atoms with Gasteiger partial charge in [-0.1, -0.05) is 12.0 Å². The van der Waals surface area contributed by atoms with Crippen LogP contribution in [0.1, 0.15) is 13.3 Å². The number of aliphatic hydroxyl groups is 1. The lowest BCUT2D eigenvalue weighted by atomic mass is 9.97. The van der Waals surface area contributed by atoms with Crippen LogP contribution in [0.15, 0.2) is 5.11 Å². The zero-order valence-corrected chi connectivity index (χ0v) is 8.13. The monoisotopic (exact) mass is 198 g/mol. The van der Waals surface area contributed by atoms with E-state index in [1.165, 1.54) is 0 Å². The van der Waals surface area contributed by atoms with Crippen LogP contribution in [-0.4, -0.2) is 41.7 Å². The Labute approximate surface area is 82.1 Å². The van der Waals surface area contributed by atoms with Crippen LogP contribution >= 0.6 is 0 Å². The van der Waals surface area contributed by atoms with Crippen molar-refractivity contribution in [2.45, 2.75) is 19.4 Å². The molecule has 2 unspecified atom stereocenters. The summed E-state index contributed by atoms with van der Waals surface area (Å²) in [7, 11) is 0. The Balaban J connectivity index is 2.46. The van der Waals surface area contributed by atoms with Gasteiger partial charge in [0.25, 0.3) is 0 Å². The van der Waals surface area contributed by atoms with Crippen molar-refractivity contribution >= 4 is 5.91 Å². The molecule has 1 aliphatic rings. The maximum Gasteiger partial charge on any atom is 0.228 e. The van der Waals surface area contributed by atoms with Crippen molar-refractivity contribution < 1.29 is 9.90 Å². The van der Waals surface area contributed by atoms with Gasteiger partial charge in [-0.15, -0.1) is 0 Å². The maximum atomic E-state index is 11.4. The van der Waals surface area contributed by atoms with E-state index in [0.717, 1.165) is 0 Å². The molecule has 0 aromatic heterocycles. The zero-order valence-electron chi connectivity index (χ0n) is 8.13. The van der Waals surface area contributed by atoms with Crippen LogP contribution in [0.4, 0.5) is 0 Å². The number of carbonyl (C=O) groups excluding carboxylic acids is 1. The number of azide groups is 1. The Morgan fingerprint density at radius 2 is 2.50 bits per heavy atom. The minimum Gasteiger partial charge on any atom is -0.393 e. The number of amides is 1. The van der Waals surface area contributed by atoms with E-state index in [4.69, 9.17) is 5.53 Å². The molecule has 1 fully saturated rings. The summed E-state index contributed by atoms with van der Waals surface area (Å²) >= 11 is 0. The van der Waals surface area contributed by atoms with Crippen LogP contribution < -0.4 is 0 Å². The first-order chi connectivity index (χ1) is 6.65. The standard InChI is InChI=1S/C8H14N4O2/c1-6-5-12(3-2-7(6)13)8(14)4-10-11-9/h6-7,13H,2-5H2,1H3. The third-order valence-corrected chi connectivity index (χ3v) is 2.48.